The summed E-state index contributed by atoms with van der Waals surface area (Å²) in [6.45, 7) is 8.76. The van der Waals surface area contributed by atoms with E-state index in [1.54, 1.807) is 6.92 Å². The summed E-state index contributed by atoms with van der Waals surface area (Å²) in [4.78, 5) is 26.3. The van der Waals surface area contributed by atoms with Crippen LogP contribution < -0.4 is 4.90 Å². The summed E-state index contributed by atoms with van der Waals surface area (Å²) in [7, 11) is 0. The lowest BCUT2D eigenvalue weighted by Gasteiger charge is -2.36. The predicted octanol–water partition coefficient (Wildman–Crippen LogP) is 4.00. The first-order valence-corrected chi connectivity index (χ1v) is 11.4. The van der Waals surface area contributed by atoms with E-state index in [-0.39, 0.29) is 11.8 Å². The van der Waals surface area contributed by atoms with Crippen LogP contribution in [0.5, 0.6) is 0 Å². The van der Waals surface area contributed by atoms with Crippen molar-refractivity contribution in [2.75, 3.05) is 31.1 Å². The molecule has 1 amide bonds. The van der Waals surface area contributed by atoms with Crippen LogP contribution in [-0.4, -0.2) is 62.1 Å². The van der Waals surface area contributed by atoms with Crippen LogP contribution in [0.15, 0.2) is 36.5 Å². The molecule has 164 valence electrons. The smallest absolute Gasteiger partial charge is 0.240 e. The molecule has 1 aliphatic rings. The molecular weight excluding hydrogens is 412 g/mol. The SMILES string of the molecule is CCC[C@@H](C)c1nc(N2CCN(C(=O)[C@@H](C)Cl)CC2)c2cnn(-c3ccccc3)c2n1. The van der Waals surface area contributed by atoms with E-state index in [9.17, 15) is 4.79 Å². The maximum absolute atomic E-state index is 12.3. The number of fused-ring (bicyclic) bond motifs is 1. The van der Waals surface area contributed by atoms with E-state index < -0.39 is 5.38 Å². The van der Waals surface area contributed by atoms with E-state index in [1.165, 1.54) is 0 Å². The highest BCUT2D eigenvalue weighted by Gasteiger charge is 2.27. The van der Waals surface area contributed by atoms with Gasteiger partial charge in [0.2, 0.25) is 5.91 Å². The molecule has 31 heavy (non-hydrogen) atoms. The zero-order chi connectivity index (χ0) is 22.0. The lowest BCUT2D eigenvalue weighted by Crippen LogP contribution is -2.50. The van der Waals surface area contributed by atoms with Gasteiger partial charge in [0.15, 0.2) is 5.65 Å². The van der Waals surface area contributed by atoms with Gasteiger partial charge in [0.25, 0.3) is 0 Å². The minimum Gasteiger partial charge on any atom is -0.352 e. The van der Waals surface area contributed by atoms with Gasteiger partial charge >= 0.3 is 0 Å². The summed E-state index contributed by atoms with van der Waals surface area (Å²) in [6, 6.07) is 10.0. The van der Waals surface area contributed by atoms with Gasteiger partial charge in [-0.05, 0) is 25.5 Å². The molecule has 1 aromatic carbocycles. The summed E-state index contributed by atoms with van der Waals surface area (Å²) in [5.74, 6) is 1.99. The Morgan fingerprint density at radius 1 is 1.10 bits per heavy atom. The molecule has 0 aliphatic carbocycles. The number of nitrogens with zero attached hydrogens (tertiary/aromatic N) is 6. The first-order chi connectivity index (χ1) is 15.0. The number of anilines is 1. The van der Waals surface area contributed by atoms with Crippen molar-refractivity contribution in [2.24, 2.45) is 0 Å². The number of halogens is 1. The van der Waals surface area contributed by atoms with Crippen molar-refractivity contribution in [3.63, 3.8) is 0 Å². The molecule has 4 rings (SSSR count). The fraction of sp³-hybridized carbons (Fsp3) is 0.478. The number of benzene rings is 1. The molecule has 2 atom stereocenters. The van der Waals surface area contributed by atoms with Crippen LogP contribution in [0.2, 0.25) is 0 Å². The fourth-order valence-electron chi connectivity index (χ4n) is 4.08. The molecule has 1 fully saturated rings. The number of aromatic nitrogens is 4. The highest BCUT2D eigenvalue weighted by atomic mass is 35.5. The number of para-hydroxylation sites is 1. The Morgan fingerprint density at radius 3 is 2.45 bits per heavy atom. The van der Waals surface area contributed by atoms with Gasteiger partial charge in [-0.15, -0.1) is 11.6 Å². The minimum absolute atomic E-state index is 0.0108. The molecule has 0 N–H and O–H groups in total. The highest BCUT2D eigenvalue weighted by molar-refractivity contribution is 6.30. The average Bonchev–Trinajstić information content (AvgIpc) is 3.23. The molecule has 0 saturated carbocycles. The van der Waals surface area contributed by atoms with Gasteiger partial charge in [-0.2, -0.15) is 5.10 Å². The monoisotopic (exact) mass is 440 g/mol. The first kappa shape index (κ1) is 21.6. The molecule has 7 nitrogen and oxygen atoms in total. The molecule has 8 heteroatoms. The van der Waals surface area contributed by atoms with Gasteiger partial charge in [-0.1, -0.05) is 38.5 Å². The van der Waals surface area contributed by atoms with Crippen molar-refractivity contribution in [3.05, 3.63) is 42.4 Å². The fourth-order valence-corrected chi connectivity index (χ4v) is 4.22. The summed E-state index contributed by atoms with van der Waals surface area (Å²) < 4.78 is 1.89. The molecule has 2 aromatic heterocycles. The Kier molecular flexibility index (Phi) is 6.41. The van der Waals surface area contributed by atoms with Crippen molar-refractivity contribution in [3.8, 4) is 5.69 Å². The number of rotatable bonds is 6. The van der Waals surface area contributed by atoms with Crippen molar-refractivity contribution < 1.29 is 4.79 Å². The number of alkyl halides is 1. The van der Waals surface area contributed by atoms with Gasteiger partial charge in [0.1, 0.15) is 17.0 Å². The van der Waals surface area contributed by atoms with Crippen LogP contribution in [0.25, 0.3) is 16.7 Å². The predicted molar refractivity (Wildman–Crippen MR) is 124 cm³/mol. The Bertz CT molecular complexity index is 1040. The summed E-state index contributed by atoms with van der Waals surface area (Å²) in [6.07, 6.45) is 3.96. The van der Waals surface area contributed by atoms with Gasteiger partial charge in [-0.25, -0.2) is 14.6 Å². The van der Waals surface area contributed by atoms with E-state index in [0.717, 1.165) is 41.2 Å². The number of carbonyl (C=O) groups excluding carboxylic acids is 1. The zero-order valence-electron chi connectivity index (χ0n) is 18.3. The standard InChI is InChI=1S/C23H29ClN6O/c1-4-8-16(2)20-26-21(28-11-13-29(14-12-28)23(31)17(3)24)19-15-25-30(22(19)27-20)18-9-6-5-7-10-18/h5-7,9-10,15-17H,4,8,11-14H2,1-3H3/t16-,17-/m1/s1. The largest absolute Gasteiger partial charge is 0.352 e. The number of carbonyl (C=O) groups is 1. The maximum atomic E-state index is 12.3. The molecular formula is C23H29ClN6O. The lowest BCUT2D eigenvalue weighted by atomic mass is 10.1. The second-order valence-electron chi connectivity index (χ2n) is 8.15. The van der Waals surface area contributed by atoms with Crippen LogP contribution in [-0.2, 0) is 4.79 Å². The topological polar surface area (TPSA) is 67.2 Å². The number of hydrogen-bond acceptors (Lipinski definition) is 5. The highest BCUT2D eigenvalue weighted by Crippen LogP contribution is 2.29. The van der Waals surface area contributed by atoms with Crippen molar-refractivity contribution in [1.29, 1.82) is 0 Å². The van der Waals surface area contributed by atoms with Crippen LogP contribution in [0.3, 0.4) is 0 Å². The Labute approximate surface area is 188 Å². The third kappa shape index (κ3) is 4.37. The summed E-state index contributed by atoms with van der Waals surface area (Å²) >= 11 is 6.00. The van der Waals surface area contributed by atoms with E-state index in [4.69, 9.17) is 21.6 Å². The van der Waals surface area contributed by atoms with E-state index in [0.29, 0.717) is 26.2 Å². The average molecular weight is 441 g/mol. The number of hydrogen-bond donors (Lipinski definition) is 0. The molecule has 1 saturated heterocycles. The van der Waals surface area contributed by atoms with Gasteiger partial charge < -0.3 is 9.80 Å². The summed E-state index contributed by atoms with van der Waals surface area (Å²) in [5, 5.41) is 5.07. The number of amides is 1. The van der Waals surface area contributed by atoms with Crippen LogP contribution in [0, 0.1) is 0 Å². The zero-order valence-corrected chi connectivity index (χ0v) is 19.1. The molecule has 0 radical (unpaired) electrons. The summed E-state index contributed by atoms with van der Waals surface area (Å²) in [5.41, 5.74) is 1.80. The van der Waals surface area contributed by atoms with Gasteiger partial charge in [0, 0.05) is 32.1 Å². The van der Waals surface area contributed by atoms with Crippen LogP contribution in [0.4, 0.5) is 5.82 Å². The Balaban J connectivity index is 1.72. The molecule has 0 spiro atoms. The Morgan fingerprint density at radius 2 is 1.81 bits per heavy atom. The normalized spacial score (nSPS) is 16.5. The van der Waals surface area contributed by atoms with Crippen LogP contribution in [0.1, 0.15) is 45.4 Å². The molecule has 0 unspecified atom stereocenters. The van der Waals surface area contributed by atoms with E-state index in [2.05, 4.69) is 23.8 Å². The molecule has 3 aromatic rings. The van der Waals surface area contributed by atoms with Crippen molar-refractivity contribution in [2.45, 2.75) is 44.9 Å². The molecule has 3 heterocycles. The third-order valence-corrected chi connectivity index (χ3v) is 6.01. The van der Waals surface area contributed by atoms with E-state index in [1.807, 2.05) is 46.1 Å². The van der Waals surface area contributed by atoms with Gasteiger partial charge in [0.05, 0.1) is 17.3 Å². The Hall–Kier alpha value is -2.67. The van der Waals surface area contributed by atoms with Crippen LogP contribution >= 0.6 is 11.6 Å². The molecule has 0 bridgehead atoms. The number of piperazine rings is 1. The minimum atomic E-state index is -0.497. The maximum Gasteiger partial charge on any atom is 0.240 e. The first-order valence-electron chi connectivity index (χ1n) is 11.0. The lowest BCUT2D eigenvalue weighted by molar-refractivity contribution is -0.130. The molecule has 1 aliphatic heterocycles. The van der Waals surface area contributed by atoms with E-state index >= 15 is 0 Å². The second-order valence-corrected chi connectivity index (χ2v) is 8.81. The van der Waals surface area contributed by atoms with Crippen molar-refractivity contribution >= 4 is 34.4 Å². The third-order valence-electron chi connectivity index (χ3n) is 5.82. The van der Waals surface area contributed by atoms with Crippen molar-refractivity contribution in [1.82, 2.24) is 24.6 Å². The van der Waals surface area contributed by atoms with Gasteiger partial charge in [-0.3, -0.25) is 4.79 Å². The quantitative estimate of drug-likeness (QED) is 0.542. The second kappa shape index (κ2) is 9.22.